The number of sulfone groups is 1. The van der Waals surface area contributed by atoms with E-state index in [1.807, 2.05) is 11.8 Å². The summed E-state index contributed by atoms with van der Waals surface area (Å²) in [4.78, 5) is 8.98. The first-order valence-corrected chi connectivity index (χ1v) is 14.7. The van der Waals surface area contributed by atoms with Gasteiger partial charge in [0.25, 0.3) is 0 Å². The molecule has 0 amide bonds. The fourth-order valence-corrected chi connectivity index (χ4v) is 7.06. The average molecular weight is 548 g/mol. The molecule has 0 bridgehead atoms. The van der Waals surface area contributed by atoms with Crippen LogP contribution < -0.4 is 9.64 Å². The van der Waals surface area contributed by atoms with Crippen molar-refractivity contribution in [3.05, 3.63) is 54.2 Å². The van der Waals surface area contributed by atoms with Crippen LogP contribution in [0.1, 0.15) is 44.6 Å². The molecule has 0 saturated carbocycles. The summed E-state index contributed by atoms with van der Waals surface area (Å²) in [6, 6.07) is 11.0. The van der Waals surface area contributed by atoms with Gasteiger partial charge in [0, 0.05) is 30.7 Å². The van der Waals surface area contributed by atoms with Gasteiger partial charge in [0.15, 0.2) is 0 Å². The first kappa shape index (κ1) is 26.7. The Kier molecular flexibility index (Phi) is 7.55. The maximum absolute atomic E-state index is 13.9. The second-order valence-electron chi connectivity index (χ2n) is 10.0. The SMILES string of the molecule is CCc1ccc(S(=O)(=O)c2cnc3ccc(OC(F)(F)F)cc3c2N2CCC(N3CCCCC3)CC2)cc1. The van der Waals surface area contributed by atoms with Crippen LogP contribution >= 0.6 is 0 Å². The summed E-state index contributed by atoms with van der Waals surface area (Å²) < 4.78 is 71.0. The predicted molar refractivity (Wildman–Crippen MR) is 140 cm³/mol. The number of halogens is 3. The summed E-state index contributed by atoms with van der Waals surface area (Å²) in [5, 5.41) is 0.328. The third-order valence-electron chi connectivity index (χ3n) is 7.63. The fourth-order valence-electron chi connectivity index (χ4n) is 5.63. The van der Waals surface area contributed by atoms with Gasteiger partial charge in [-0.05, 0) is 81.1 Å². The fraction of sp³-hybridized carbons (Fsp3) is 0.464. The van der Waals surface area contributed by atoms with E-state index in [1.54, 1.807) is 24.3 Å². The lowest BCUT2D eigenvalue weighted by atomic mass is 9.99. The minimum Gasteiger partial charge on any atom is -0.406 e. The Balaban J connectivity index is 1.57. The van der Waals surface area contributed by atoms with Crippen molar-refractivity contribution in [3.8, 4) is 5.75 Å². The van der Waals surface area contributed by atoms with Crippen molar-refractivity contribution in [1.29, 1.82) is 0 Å². The van der Waals surface area contributed by atoms with Gasteiger partial charge in [-0.3, -0.25) is 4.98 Å². The Morgan fingerprint density at radius 2 is 1.66 bits per heavy atom. The number of aromatic nitrogens is 1. The summed E-state index contributed by atoms with van der Waals surface area (Å²) in [6.45, 7) is 5.34. The van der Waals surface area contributed by atoms with Crippen LogP contribution in [-0.2, 0) is 16.3 Å². The van der Waals surface area contributed by atoms with Crippen molar-refractivity contribution < 1.29 is 26.3 Å². The van der Waals surface area contributed by atoms with Crippen LogP contribution in [-0.4, -0.2) is 56.9 Å². The van der Waals surface area contributed by atoms with Crippen LogP contribution in [0.5, 0.6) is 5.75 Å². The lowest BCUT2D eigenvalue weighted by Gasteiger charge is -2.41. The van der Waals surface area contributed by atoms with Gasteiger partial charge in [0.1, 0.15) is 10.6 Å². The number of aryl methyl sites for hydroxylation is 1. The predicted octanol–water partition coefficient (Wildman–Crippen LogP) is 5.98. The molecule has 0 N–H and O–H groups in total. The van der Waals surface area contributed by atoms with Crippen LogP contribution in [0.3, 0.4) is 0 Å². The molecular weight excluding hydrogens is 515 g/mol. The summed E-state index contributed by atoms with van der Waals surface area (Å²) in [7, 11) is -4.00. The molecule has 0 aliphatic carbocycles. The molecule has 2 aromatic carbocycles. The molecular formula is C28H32F3N3O3S. The lowest BCUT2D eigenvalue weighted by Crippen LogP contribution is -2.47. The number of ether oxygens (including phenoxy) is 1. The smallest absolute Gasteiger partial charge is 0.406 e. The van der Waals surface area contributed by atoms with Gasteiger partial charge in [-0.25, -0.2) is 8.42 Å². The highest BCUT2D eigenvalue weighted by Crippen LogP contribution is 2.39. The second kappa shape index (κ2) is 10.7. The van der Waals surface area contributed by atoms with E-state index in [-0.39, 0.29) is 9.79 Å². The second-order valence-corrected chi connectivity index (χ2v) is 11.9. The van der Waals surface area contributed by atoms with Crippen molar-refractivity contribution >= 4 is 26.4 Å². The Morgan fingerprint density at radius 3 is 2.29 bits per heavy atom. The van der Waals surface area contributed by atoms with Crippen molar-refractivity contribution in [2.24, 2.45) is 0 Å². The van der Waals surface area contributed by atoms with Gasteiger partial charge in [-0.1, -0.05) is 25.5 Å². The zero-order chi connectivity index (χ0) is 26.9. The summed E-state index contributed by atoms with van der Waals surface area (Å²) in [6.07, 6.45) is 2.59. The van der Waals surface area contributed by atoms with Gasteiger partial charge in [-0.2, -0.15) is 0 Å². The number of likely N-dealkylation sites (tertiary alicyclic amines) is 1. The molecule has 3 heterocycles. The number of nitrogens with zero attached hydrogens (tertiary/aromatic N) is 3. The molecule has 2 fully saturated rings. The number of benzene rings is 2. The third-order valence-corrected chi connectivity index (χ3v) is 9.40. The van der Waals surface area contributed by atoms with E-state index in [0.717, 1.165) is 37.9 Å². The van der Waals surface area contributed by atoms with Crippen molar-refractivity contribution in [1.82, 2.24) is 9.88 Å². The summed E-state index contributed by atoms with van der Waals surface area (Å²) >= 11 is 0. The quantitative estimate of drug-likeness (QED) is 0.378. The van der Waals surface area contributed by atoms with E-state index in [4.69, 9.17) is 0 Å². The molecule has 1 aromatic heterocycles. The average Bonchev–Trinajstić information content (AvgIpc) is 2.92. The van der Waals surface area contributed by atoms with Gasteiger partial charge < -0.3 is 14.5 Å². The normalized spacial score (nSPS) is 18.2. The first-order valence-electron chi connectivity index (χ1n) is 13.2. The van der Waals surface area contributed by atoms with Crippen molar-refractivity contribution in [3.63, 3.8) is 0 Å². The van der Waals surface area contributed by atoms with Gasteiger partial charge in [0.05, 0.1) is 16.1 Å². The standard InChI is InChI=1S/C28H32F3N3O3S/c1-2-20-6-9-23(10-7-20)38(35,36)26-19-32-25-11-8-22(37-28(29,30)31)18-24(25)27(26)34-16-12-21(13-17-34)33-14-4-3-5-15-33/h6-11,18-19,21H,2-5,12-17H2,1H3. The van der Waals surface area contributed by atoms with Crippen LogP contribution in [0.4, 0.5) is 18.9 Å². The highest BCUT2D eigenvalue weighted by Gasteiger charge is 2.33. The first-order chi connectivity index (χ1) is 18.2. The molecule has 2 aliphatic heterocycles. The number of hydrogen-bond donors (Lipinski definition) is 0. The van der Waals surface area contributed by atoms with Gasteiger partial charge in [-0.15, -0.1) is 13.2 Å². The van der Waals surface area contributed by atoms with E-state index in [1.165, 1.54) is 43.7 Å². The Hall–Kier alpha value is -2.85. The van der Waals surface area contributed by atoms with Gasteiger partial charge in [0.2, 0.25) is 9.84 Å². The maximum Gasteiger partial charge on any atom is 0.573 e. The van der Waals surface area contributed by atoms with E-state index in [0.29, 0.717) is 35.7 Å². The summed E-state index contributed by atoms with van der Waals surface area (Å²) in [5.41, 5.74) is 1.81. The van der Waals surface area contributed by atoms with Crippen molar-refractivity contribution in [2.45, 2.75) is 67.6 Å². The molecule has 2 saturated heterocycles. The number of piperidine rings is 2. The summed E-state index contributed by atoms with van der Waals surface area (Å²) in [5.74, 6) is -0.405. The van der Waals surface area contributed by atoms with E-state index < -0.39 is 21.9 Å². The number of pyridine rings is 1. The van der Waals surface area contributed by atoms with E-state index >= 15 is 0 Å². The highest BCUT2D eigenvalue weighted by molar-refractivity contribution is 7.91. The zero-order valence-corrected chi connectivity index (χ0v) is 22.2. The molecule has 0 atom stereocenters. The van der Waals surface area contributed by atoms with Crippen molar-refractivity contribution in [2.75, 3.05) is 31.1 Å². The van der Waals surface area contributed by atoms with Crippen LogP contribution in [0.25, 0.3) is 10.9 Å². The number of hydrogen-bond acceptors (Lipinski definition) is 6. The number of fused-ring (bicyclic) bond motifs is 1. The molecule has 2 aliphatic rings. The molecule has 0 radical (unpaired) electrons. The number of alkyl halides is 3. The molecule has 6 nitrogen and oxygen atoms in total. The topological polar surface area (TPSA) is 62.7 Å². The Labute approximate surface area is 221 Å². The number of rotatable bonds is 6. The van der Waals surface area contributed by atoms with Crippen LogP contribution in [0.2, 0.25) is 0 Å². The number of anilines is 1. The molecule has 38 heavy (non-hydrogen) atoms. The van der Waals surface area contributed by atoms with E-state index in [2.05, 4.69) is 14.6 Å². The maximum atomic E-state index is 13.9. The molecule has 5 rings (SSSR count). The molecule has 0 spiro atoms. The Bertz CT molecular complexity index is 1380. The minimum atomic E-state index is -4.86. The molecule has 204 valence electrons. The molecule has 10 heteroatoms. The zero-order valence-electron chi connectivity index (χ0n) is 21.4. The molecule has 3 aromatic rings. The van der Waals surface area contributed by atoms with Gasteiger partial charge >= 0.3 is 6.36 Å². The van der Waals surface area contributed by atoms with E-state index in [9.17, 15) is 21.6 Å². The van der Waals surface area contributed by atoms with Crippen LogP contribution in [0, 0.1) is 0 Å². The lowest BCUT2D eigenvalue weighted by molar-refractivity contribution is -0.274. The minimum absolute atomic E-state index is 0.00479. The monoisotopic (exact) mass is 547 g/mol. The highest BCUT2D eigenvalue weighted by atomic mass is 32.2. The Morgan fingerprint density at radius 1 is 0.974 bits per heavy atom. The third kappa shape index (κ3) is 5.61. The molecule has 0 unspecified atom stereocenters. The van der Waals surface area contributed by atoms with Crippen LogP contribution in [0.15, 0.2) is 58.5 Å². The largest absolute Gasteiger partial charge is 0.573 e.